The van der Waals surface area contributed by atoms with E-state index in [2.05, 4.69) is 5.32 Å². The standard InChI is InChI=1S/C27H28FN3O2/c1-2-25(21-9-4-3-5-10-21)26(32)29-23-12-14-24(15-13-23)31-17-7-16-30(27(31)33)19-20-8-6-11-22(28)18-20/h3-6,8-15,18,25H,2,7,16-17,19H2,1H3,(H,29,32)/t25-/m0/s1. The van der Waals surface area contributed by atoms with Crippen LogP contribution in [0.4, 0.5) is 20.6 Å². The molecule has 0 unspecified atom stereocenters. The third-order valence-corrected chi connectivity index (χ3v) is 5.95. The Kier molecular flexibility index (Phi) is 7.03. The first-order valence-electron chi connectivity index (χ1n) is 11.3. The number of rotatable bonds is 7. The van der Waals surface area contributed by atoms with Gasteiger partial charge in [0.25, 0.3) is 0 Å². The largest absolute Gasteiger partial charge is 0.326 e. The summed E-state index contributed by atoms with van der Waals surface area (Å²) in [6, 6.07) is 23.3. The quantitative estimate of drug-likeness (QED) is 0.500. The van der Waals surface area contributed by atoms with Crippen molar-refractivity contribution in [1.82, 2.24) is 4.90 Å². The van der Waals surface area contributed by atoms with E-state index < -0.39 is 0 Å². The van der Waals surface area contributed by atoms with Crippen molar-refractivity contribution in [3.63, 3.8) is 0 Å². The number of carbonyl (C=O) groups is 2. The molecular formula is C27H28FN3O2. The Bertz CT molecular complexity index is 1100. The fourth-order valence-electron chi connectivity index (χ4n) is 4.24. The lowest BCUT2D eigenvalue weighted by atomic mass is 9.95. The number of amides is 3. The van der Waals surface area contributed by atoms with Gasteiger partial charge < -0.3 is 10.2 Å². The zero-order valence-electron chi connectivity index (χ0n) is 18.7. The average Bonchev–Trinajstić information content (AvgIpc) is 2.82. The number of hydrogen-bond donors (Lipinski definition) is 1. The van der Waals surface area contributed by atoms with Crippen LogP contribution >= 0.6 is 0 Å². The second-order valence-corrected chi connectivity index (χ2v) is 8.25. The summed E-state index contributed by atoms with van der Waals surface area (Å²) in [5.74, 6) is -0.568. The van der Waals surface area contributed by atoms with Gasteiger partial charge >= 0.3 is 6.03 Å². The van der Waals surface area contributed by atoms with Crippen molar-refractivity contribution >= 4 is 23.3 Å². The molecule has 0 saturated carbocycles. The molecule has 0 aromatic heterocycles. The Hall–Kier alpha value is -3.67. The second-order valence-electron chi connectivity index (χ2n) is 8.25. The van der Waals surface area contributed by atoms with Gasteiger partial charge in [0, 0.05) is 31.0 Å². The summed E-state index contributed by atoms with van der Waals surface area (Å²) in [6.07, 6.45) is 1.53. The molecule has 3 aromatic carbocycles. The van der Waals surface area contributed by atoms with E-state index in [0.717, 1.165) is 23.2 Å². The SMILES string of the molecule is CC[C@H](C(=O)Nc1ccc(N2CCCN(Cc3cccc(F)c3)C2=O)cc1)c1ccccc1. The summed E-state index contributed by atoms with van der Waals surface area (Å²) in [6.45, 7) is 3.63. The van der Waals surface area contributed by atoms with Crippen molar-refractivity contribution in [2.45, 2.75) is 32.2 Å². The number of hydrogen-bond acceptors (Lipinski definition) is 2. The highest BCUT2D eigenvalue weighted by atomic mass is 19.1. The number of urea groups is 1. The number of anilines is 2. The number of halogens is 1. The summed E-state index contributed by atoms with van der Waals surface area (Å²) in [5, 5.41) is 2.99. The Morgan fingerprint density at radius 1 is 1.00 bits per heavy atom. The summed E-state index contributed by atoms with van der Waals surface area (Å²) < 4.78 is 13.5. The van der Waals surface area contributed by atoms with E-state index in [1.165, 1.54) is 12.1 Å². The third kappa shape index (κ3) is 5.40. The van der Waals surface area contributed by atoms with E-state index in [4.69, 9.17) is 0 Å². The first kappa shape index (κ1) is 22.5. The lowest BCUT2D eigenvalue weighted by molar-refractivity contribution is -0.117. The highest BCUT2D eigenvalue weighted by Gasteiger charge is 2.27. The van der Waals surface area contributed by atoms with Gasteiger partial charge in [-0.2, -0.15) is 0 Å². The summed E-state index contributed by atoms with van der Waals surface area (Å²) in [5.41, 5.74) is 3.23. The number of nitrogens with zero attached hydrogens (tertiary/aromatic N) is 2. The molecule has 170 valence electrons. The highest BCUT2D eigenvalue weighted by molar-refractivity contribution is 5.97. The minimum Gasteiger partial charge on any atom is -0.326 e. The van der Waals surface area contributed by atoms with Crippen molar-refractivity contribution in [3.8, 4) is 0 Å². The van der Waals surface area contributed by atoms with Crippen molar-refractivity contribution in [3.05, 3.63) is 95.8 Å². The normalized spacial score (nSPS) is 14.8. The van der Waals surface area contributed by atoms with Crippen molar-refractivity contribution in [2.75, 3.05) is 23.3 Å². The van der Waals surface area contributed by atoms with E-state index in [-0.39, 0.29) is 23.7 Å². The molecule has 3 aromatic rings. The Balaban J connectivity index is 1.42. The molecule has 0 aliphatic carbocycles. The lowest BCUT2D eigenvalue weighted by Gasteiger charge is -2.35. The van der Waals surface area contributed by atoms with Crippen molar-refractivity contribution in [1.29, 1.82) is 0 Å². The molecule has 1 N–H and O–H groups in total. The molecule has 1 fully saturated rings. The highest BCUT2D eigenvalue weighted by Crippen LogP contribution is 2.25. The maximum atomic E-state index is 13.5. The molecule has 1 atom stereocenters. The van der Waals surface area contributed by atoms with Crippen molar-refractivity contribution in [2.24, 2.45) is 0 Å². The van der Waals surface area contributed by atoms with Gasteiger partial charge in [-0.25, -0.2) is 9.18 Å². The molecule has 0 spiro atoms. The smallest absolute Gasteiger partial charge is 0.324 e. The Morgan fingerprint density at radius 2 is 1.76 bits per heavy atom. The van der Waals surface area contributed by atoms with E-state index >= 15 is 0 Å². The van der Waals surface area contributed by atoms with Gasteiger partial charge in [0.1, 0.15) is 5.82 Å². The fourth-order valence-corrected chi connectivity index (χ4v) is 4.24. The molecule has 0 bridgehead atoms. The van der Waals surface area contributed by atoms with Crippen LogP contribution in [0.25, 0.3) is 0 Å². The molecular weight excluding hydrogens is 417 g/mol. The number of nitrogens with one attached hydrogen (secondary N) is 1. The molecule has 1 heterocycles. The van der Waals surface area contributed by atoms with Gasteiger partial charge in [0.2, 0.25) is 5.91 Å². The summed E-state index contributed by atoms with van der Waals surface area (Å²) >= 11 is 0. The first-order valence-corrected chi connectivity index (χ1v) is 11.3. The molecule has 6 heteroatoms. The van der Waals surface area contributed by atoms with Crippen LogP contribution in [0.1, 0.15) is 36.8 Å². The zero-order valence-corrected chi connectivity index (χ0v) is 18.7. The van der Waals surface area contributed by atoms with Gasteiger partial charge in [-0.3, -0.25) is 9.69 Å². The van der Waals surface area contributed by atoms with Crippen LogP contribution in [-0.2, 0) is 11.3 Å². The average molecular weight is 446 g/mol. The van der Waals surface area contributed by atoms with Gasteiger partial charge in [0.15, 0.2) is 0 Å². The van der Waals surface area contributed by atoms with Crippen LogP contribution < -0.4 is 10.2 Å². The van der Waals surface area contributed by atoms with E-state index in [0.29, 0.717) is 31.7 Å². The Morgan fingerprint density at radius 3 is 2.45 bits per heavy atom. The third-order valence-electron chi connectivity index (χ3n) is 5.95. The zero-order chi connectivity index (χ0) is 23.2. The van der Waals surface area contributed by atoms with Crippen LogP contribution in [0.2, 0.25) is 0 Å². The van der Waals surface area contributed by atoms with Gasteiger partial charge in [-0.05, 0) is 60.4 Å². The molecule has 3 amide bonds. The molecule has 1 saturated heterocycles. The maximum absolute atomic E-state index is 13.5. The summed E-state index contributed by atoms with van der Waals surface area (Å²) in [4.78, 5) is 29.3. The van der Waals surface area contributed by atoms with Crippen LogP contribution in [0, 0.1) is 5.82 Å². The molecule has 5 nitrogen and oxygen atoms in total. The van der Waals surface area contributed by atoms with Crippen LogP contribution in [0.3, 0.4) is 0 Å². The molecule has 1 aliphatic rings. The minimum absolute atomic E-state index is 0.0493. The maximum Gasteiger partial charge on any atom is 0.324 e. The molecule has 33 heavy (non-hydrogen) atoms. The first-order chi connectivity index (χ1) is 16.0. The van der Waals surface area contributed by atoms with Gasteiger partial charge in [0.05, 0.1) is 5.92 Å². The molecule has 1 aliphatic heterocycles. The van der Waals surface area contributed by atoms with Crippen LogP contribution in [-0.4, -0.2) is 29.9 Å². The number of benzene rings is 3. The lowest BCUT2D eigenvalue weighted by Crippen LogP contribution is -2.49. The van der Waals surface area contributed by atoms with Gasteiger partial charge in [-0.1, -0.05) is 49.4 Å². The predicted molar refractivity (Wildman–Crippen MR) is 129 cm³/mol. The number of carbonyl (C=O) groups excluding carboxylic acids is 2. The fraction of sp³-hybridized carbons (Fsp3) is 0.259. The second kappa shape index (κ2) is 10.3. The molecule has 0 radical (unpaired) electrons. The topological polar surface area (TPSA) is 52.7 Å². The van der Waals surface area contributed by atoms with Crippen molar-refractivity contribution < 1.29 is 14.0 Å². The van der Waals surface area contributed by atoms with Crippen LogP contribution in [0.15, 0.2) is 78.9 Å². The van der Waals surface area contributed by atoms with E-state index in [1.54, 1.807) is 15.9 Å². The molecule has 4 rings (SSSR count). The monoisotopic (exact) mass is 445 g/mol. The van der Waals surface area contributed by atoms with E-state index in [9.17, 15) is 14.0 Å². The van der Waals surface area contributed by atoms with E-state index in [1.807, 2.05) is 67.6 Å². The summed E-state index contributed by atoms with van der Waals surface area (Å²) in [7, 11) is 0. The predicted octanol–water partition coefficient (Wildman–Crippen LogP) is 5.79. The minimum atomic E-state index is -0.302. The Labute approximate surface area is 193 Å². The van der Waals surface area contributed by atoms with Gasteiger partial charge in [-0.15, -0.1) is 0 Å². The van der Waals surface area contributed by atoms with Crippen LogP contribution in [0.5, 0.6) is 0 Å².